The molecular weight excluding hydrogens is 265 g/mol. The molecule has 1 aliphatic rings. The van der Waals surface area contributed by atoms with Crippen molar-refractivity contribution in [2.45, 2.75) is 45.1 Å². The van der Waals surface area contributed by atoms with E-state index >= 15 is 0 Å². The molecular formula is C11H17F3N2O3. The SMILES string of the molecule is CC1(C)NC(=O)C(C)(C)N(CCOC(F)(F)F)C1=O. The second-order valence-electron chi connectivity index (χ2n) is 5.39. The summed E-state index contributed by atoms with van der Waals surface area (Å²) in [5, 5.41) is 2.54. The van der Waals surface area contributed by atoms with E-state index in [1.165, 1.54) is 27.7 Å². The van der Waals surface area contributed by atoms with Gasteiger partial charge in [0.1, 0.15) is 11.1 Å². The lowest BCUT2D eigenvalue weighted by molar-refractivity contribution is -0.325. The zero-order valence-electron chi connectivity index (χ0n) is 11.2. The summed E-state index contributed by atoms with van der Waals surface area (Å²) < 4.78 is 39.4. The van der Waals surface area contributed by atoms with Gasteiger partial charge in [-0.15, -0.1) is 13.2 Å². The van der Waals surface area contributed by atoms with Gasteiger partial charge in [-0.25, -0.2) is 0 Å². The fourth-order valence-corrected chi connectivity index (χ4v) is 1.84. The molecule has 0 aromatic rings. The molecule has 0 aromatic carbocycles. The number of amides is 2. The standard InChI is InChI=1S/C11H17F3N2O3/c1-9(2)8(18)16(5-6-19-11(12,13)14)10(3,4)7(17)15-9/h5-6H2,1-4H3,(H,15,17). The Kier molecular flexibility index (Phi) is 3.86. The van der Waals surface area contributed by atoms with Crippen LogP contribution in [0, 0.1) is 0 Å². The molecule has 1 heterocycles. The van der Waals surface area contributed by atoms with Gasteiger partial charge in [0.2, 0.25) is 11.8 Å². The Morgan fingerprint density at radius 2 is 1.74 bits per heavy atom. The number of carbonyl (C=O) groups excluding carboxylic acids is 2. The van der Waals surface area contributed by atoms with Gasteiger partial charge in [-0.3, -0.25) is 14.3 Å². The van der Waals surface area contributed by atoms with Crippen LogP contribution in [-0.2, 0) is 14.3 Å². The van der Waals surface area contributed by atoms with Crippen molar-refractivity contribution >= 4 is 11.8 Å². The van der Waals surface area contributed by atoms with Crippen LogP contribution >= 0.6 is 0 Å². The predicted octanol–water partition coefficient (Wildman–Crippen LogP) is 1.04. The minimum Gasteiger partial charge on any atom is -0.340 e. The molecule has 0 aromatic heterocycles. The average molecular weight is 282 g/mol. The maximum absolute atomic E-state index is 12.1. The first kappa shape index (κ1) is 15.7. The fraction of sp³-hybridized carbons (Fsp3) is 0.818. The van der Waals surface area contributed by atoms with Crippen molar-refractivity contribution < 1.29 is 27.5 Å². The normalized spacial score (nSPS) is 22.4. The maximum atomic E-state index is 12.1. The highest BCUT2D eigenvalue weighted by Gasteiger charge is 2.50. The van der Waals surface area contributed by atoms with Crippen LogP contribution in [-0.4, -0.2) is 47.3 Å². The smallest absolute Gasteiger partial charge is 0.340 e. The molecule has 5 nitrogen and oxygen atoms in total. The van der Waals surface area contributed by atoms with E-state index in [4.69, 9.17) is 0 Å². The minimum atomic E-state index is -4.75. The van der Waals surface area contributed by atoms with Crippen molar-refractivity contribution in [3.63, 3.8) is 0 Å². The lowest BCUT2D eigenvalue weighted by Gasteiger charge is -2.47. The largest absolute Gasteiger partial charge is 0.522 e. The predicted molar refractivity (Wildman–Crippen MR) is 60.0 cm³/mol. The first-order valence-electron chi connectivity index (χ1n) is 5.73. The number of nitrogens with zero attached hydrogens (tertiary/aromatic N) is 1. The molecule has 1 fully saturated rings. The molecule has 0 bridgehead atoms. The van der Waals surface area contributed by atoms with E-state index in [2.05, 4.69) is 10.1 Å². The van der Waals surface area contributed by atoms with Crippen molar-refractivity contribution in [3.05, 3.63) is 0 Å². The molecule has 0 radical (unpaired) electrons. The third-order valence-electron chi connectivity index (χ3n) is 3.02. The topological polar surface area (TPSA) is 58.6 Å². The van der Waals surface area contributed by atoms with Crippen LogP contribution in [0.5, 0.6) is 0 Å². The van der Waals surface area contributed by atoms with Gasteiger partial charge in [-0.2, -0.15) is 0 Å². The summed E-state index contributed by atoms with van der Waals surface area (Å²) in [5.74, 6) is -0.855. The van der Waals surface area contributed by atoms with Gasteiger partial charge in [0.15, 0.2) is 0 Å². The van der Waals surface area contributed by atoms with E-state index < -0.39 is 35.9 Å². The number of hydrogen-bond acceptors (Lipinski definition) is 3. The van der Waals surface area contributed by atoms with Gasteiger partial charge in [-0.05, 0) is 27.7 Å². The number of hydrogen-bond donors (Lipinski definition) is 1. The van der Waals surface area contributed by atoms with E-state index in [0.717, 1.165) is 4.90 Å². The molecule has 0 spiro atoms. The van der Waals surface area contributed by atoms with Gasteiger partial charge in [0, 0.05) is 6.54 Å². The van der Waals surface area contributed by atoms with Crippen LogP contribution < -0.4 is 5.32 Å². The molecule has 2 amide bonds. The van der Waals surface area contributed by atoms with Crippen LogP contribution in [0.15, 0.2) is 0 Å². The Bertz CT molecular complexity index is 391. The van der Waals surface area contributed by atoms with E-state index in [-0.39, 0.29) is 6.54 Å². The molecule has 0 saturated carbocycles. The summed E-state index contributed by atoms with van der Waals surface area (Å²) in [6, 6.07) is 0. The summed E-state index contributed by atoms with van der Waals surface area (Å²) in [4.78, 5) is 25.1. The van der Waals surface area contributed by atoms with Crippen molar-refractivity contribution in [2.24, 2.45) is 0 Å². The second-order valence-corrected chi connectivity index (χ2v) is 5.39. The van der Waals surface area contributed by atoms with E-state index in [9.17, 15) is 22.8 Å². The molecule has 0 unspecified atom stereocenters. The van der Waals surface area contributed by atoms with Crippen molar-refractivity contribution in [1.29, 1.82) is 0 Å². The zero-order valence-corrected chi connectivity index (χ0v) is 11.2. The summed E-state index contributed by atoms with van der Waals surface area (Å²) >= 11 is 0. The lowest BCUT2D eigenvalue weighted by atomic mass is 9.90. The molecule has 1 saturated heterocycles. The molecule has 0 atom stereocenters. The Morgan fingerprint density at radius 3 is 2.21 bits per heavy atom. The molecule has 1 N–H and O–H groups in total. The number of alkyl halides is 3. The highest BCUT2D eigenvalue weighted by Crippen LogP contribution is 2.26. The van der Waals surface area contributed by atoms with E-state index in [0.29, 0.717) is 0 Å². The van der Waals surface area contributed by atoms with Crippen molar-refractivity contribution in [3.8, 4) is 0 Å². The molecule has 1 aliphatic heterocycles. The monoisotopic (exact) mass is 282 g/mol. The van der Waals surface area contributed by atoms with Crippen LogP contribution in [0.3, 0.4) is 0 Å². The minimum absolute atomic E-state index is 0.303. The number of halogens is 3. The highest BCUT2D eigenvalue weighted by molar-refractivity contribution is 6.01. The fourth-order valence-electron chi connectivity index (χ4n) is 1.84. The first-order valence-corrected chi connectivity index (χ1v) is 5.73. The third kappa shape index (κ3) is 3.37. The number of ether oxygens (including phenoxy) is 1. The van der Waals surface area contributed by atoms with Crippen LogP contribution in [0.4, 0.5) is 13.2 Å². The molecule has 8 heteroatoms. The van der Waals surface area contributed by atoms with Gasteiger partial charge in [0.25, 0.3) is 0 Å². The highest BCUT2D eigenvalue weighted by atomic mass is 19.4. The number of rotatable bonds is 3. The molecule has 1 rings (SSSR count). The van der Waals surface area contributed by atoms with Crippen molar-refractivity contribution in [1.82, 2.24) is 10.2 Å². The van der Waals surface area contributed by atoms with Crippen molar-refractivity contribution in [2.75, 3.05) is 13.2 Å². The van der Waals surface area contributed by atoms with Gasteiger partial charge < -0.3 is 10.2 Å². The summed E-state index contributed by atoms with van der Waals surface area (Å²) in [6.45, 7) is 4.94. The molecule has 19 heavy (non-hydrogen) atoms. The third-order valence-corrected chi connectivity index (χ3v) is 3.02. The van der Waals surface area contributed by atoms with Gasteiger partial charge in [0.05, 0.1) is 6.61 Å². The number of nitrogens with one attached hydrogen (secondary N) is 1. The Hall–Kier alpha value is -1.31. The lowest BCUT2D eigenvalue weighted by Crippen LogP contribution is -2.72. The quantitative estimate of drug-likeness (QED) is 0.841. The van der Waals surface area contributed by atoms with Crippen LogP contribution in [0.2, 0.25) is 0 Å². The molecule has 110 valence electrons. The zero-order chi connectivity index (χ0) is 15.1. The van der Waals surface area contributed by atoms with E-state index in [1.54, 1.807) is 0 Å². The van der Waals surface area contributed by atoms with Crippen LogP contribution in [0.25, 0.3) is 0 Å². The summed E-state index contributed by atoms with van der Waals surface area (Å²) in [5.41, 5.74) is -2.34. The Balaban J connectivity index is 2.82. The first-order chi connectivity index (χ1) is 8.38. The Labute approximate surface area is 109 Å². The van der Waals surface area contributed by atoms with Gasteiger partial charge >= 0.3 is 6.36 Å². The number of carbonyl (C=O) groups is 2. The van der Waals surface area contributed by atoms with Crippen LogP contribution in [0.1, 0.15) is 27.7 Å². The Morgan fingerprint density at radius 1 is 1.21 bits per heavy atom. The van der Waals surface area contributed by atoms with Gasteiger partial charge in [-0.1, -0.05) is 0 Å². The summed E-state index contributed by atoms with van der Waals surface area (Å²) in [6.07, 6.45) is -4.75. The number of piperazine rings is 1. The molecule has 0 aliphatic carbocycles. The maximum Gasteiger partial charge on any atom is 0.522 e. The summed E-state index contributed by atoms with van der Waals surface area (Å²) in [7, 11) is 0. The second kappa shape index (κ2) is 4.66. The average Bonchev–Trinajstić information content (AvgIpc) is 2.19. The van der Waals surface area contributed by atoms with E-state index in [1.807, 2.05) is 0 Å².